The summed E-state index contributed by atoms with van der Waals surface area (Å²) >= 11 is 0. The molecule has 2 rings (SSSR count). The van der Waals surface area contributed by atoms with E-state index in [-0.39, 0.29) is 12.2 Å². The second-order valence-electron chi connectivity index (χ2n) is 6.22. The molecule has 0 N–H and O–H groups in total. The molecule has 0 fully saturated rings. The molecule has 0 aliphatic heterocycles. The number of hydrogen-bond acceptors (Lipinski definition) is 3. The van der Waals surface area contributed by atoms with Crippen LogP contribution in [0, 0.1) is 31.3 Å². The van der Waals surface area contributed by atoms with Crippen LogP contribution in [-0.4, -0.2) is 30.8 Å². The van der Waals surface area contributed by atoms with E-state index >= 15 is 0 Å². The molecule has 0 spiro atoms. The van der Waals surface area contributed by atoms with Gasteiger partial charge in [-0.15, -0.1) is 0 Å². The van der Waals surface area contributed by atoms with E-state index in [0.29, 0.717) is 11.1 Å². The highest BCUT2D eigenvalue weighted by atomic mass is 19.2. The molecule has 0 bridgehead atoms. The lowest BCUT2D eigenvalue weighted by Crippen LogP contribution is -2.14. The highest BCUT2D eigenvalue weighted by Gasteiger charge is 2.15. The Morgan fingerprint density at radius 3 is 2.33 bits per heavy atom. The number of nitrogens with zero attached hydrogens (tertiary/aromatic N) is 2. The van der Waals surface area contributed by atoms with E-state index in [0.717, 1.165) is 29.9 Å². The summed E-state index contributed by atoms with van der Waals surface area (Å²) in [5.74, 6) is -4.84. The molecule has 0 amide bonds. The van der Waals surface area contributed by atoms with Crippen LogP contribution in [0.1, 0.15) is 34.0 Å². The normalized spacial score (nSPS) is 11.1. The monoisotopic (exact) mass is 378 g/mol. The van der Waals surface area contributed by atoms with Crippen LogP contribution in [-0.2, 0) is 11.3 Å². The maximum atomic E-state index is 13.2. The second-order valence-corrected chi connectivity index (χ2v) is 6.22. The molecule has 0 saturated carbocycles. The summed E-state index contributed by atoms with van der Waals surface area (Å²) < 4.78 is 44.5. The molecule has 0 radical (unpaired) electrons. The molecule has 27 heavy (non-hydrogen) atoms. The average molecular weight is 378 g/mol. The van der Waals surface area contributed by atoms with Crippen molar-refractivity contribution in [3.63, 3.8) is 0 Å². The smallest absolute Gasteiger partial charge is 0.338 e. The highest BCUT2D eigenvalue weighted by molar-refractivity contribution is 5.92. The summed E-state index contributed by atoms with van der Waals surface area (Å²) in [6, 6.07) is 5.02. The third kappa shape index (κ3) is 5.09. The molecule has 0 aliphatic carbocycles. The first kappa shape index (κ1) is 20.5. The topological polar surface area (TPSA) is 41.9 Å². The van der Waals surface area contributed by atoms with Crippen LogP contribution >= 0.6 is 0 Å². The van der Waals surface area contributed by atoms with E-state index in [2.05, 4.69) is 4.99 Å². The molecule has 7 heteroatoms. The maximum absolute atomic E-state index is 13.2. The van der Waals surface area contributed by atoms with E-state index in [1.54, 1.807) is 25.4 Å². The summed E-state index contributed by atoms with van der Waals surface area (Å²) in [6.07, 6.45) is 1.71. The summed E-state index contributed by atoms with van der Waals surface area (Å²) in [4.78, 5) is 18.6. The van der Waals surface area contributed by atoms with Gasteiger partial charge in [0.25, 0.3) is 0 Å². The Labute approximate surface area is 156 Å². The first-order chi connectivity index (χ1) is 12.7. The van der Waals surface area contributed by atoms with E-state index in [1.807, 2.05) is 25.8 Å². The Kier molecular flexibility index (Phi) is 6.60. The molecule has 144 valence electrons. The second kappa shape index (κ2) is 8.70. The Hall–Kier alpha value is -2.83. The number of halogens is 3. The number of rotatable bonds is 6. The van der Waals surface area contributed by atoms with Gasteiger partial charge in [0.1, 0.15) is 6.61 Å². The molecule has 0 aliphatic rings. The van der Waals surface area contributed by atoms with Gasteiger partial charge in [-0.1, -0.05) is 0 Å². The van der Waals surface area contributed by atoms with Crippen LogP contribution in [0.4, 0.5) is 18.9 Å². The fourth-order valence-corrected chi connectivity index (χ4v) is 2.32. The number of esters is 1. The van der Waals surface area contributed by atoms with Gasteiger partial charge in [-0.3, -0.25) is 0 Å². The quantitative estimate of drug-likeness (QED) is 0.317. The zero-order valence-electron chi connectivity index (χ0n) is 15.6. The SMILES string of the molecule is CCN(C)C=Nc1cc(C)c(C(=O)OCc2cc(F)c(F)c(F)c2)cc1C. The fourth-order valence-electron chi connectivity index (χ4n) is 2.32. The lowest BCUT2D eigenvalue weighted by molar-refractivity contribution is 0.0470. The largest absolute Gasteiger partial charge is 0.457 e. The van der Waals surface area contributed by atoms with Crippen molar-refractivity contribution < 1.29 is 22.7 Å². The molecule has 0 heterocycles. The van der Waals surface area contributed by atoms with Crippen LogP contribution in [0.5, 0.6) is 0 Å². The number of aryl methyl sites for hydroxylation is 2. The van der Waals surface area contributed by atoms with Crippen LogP contribution in [0.25, 0.3) is 0 Å². The van der Waals surface area contributed by atoms with Crippen molar-refractivity contribution in [1.29, 1.82) is 0 Å². The Bertz CT molecular complexity index is 859. The zero-order valence-corrected chi connectivity index (χ0v) is 15.6. The van der Waals surface area contributed by atoms with Gasteiger partial charge in [0.2, 0.25) is 0 Å². The predicted molar refractivity (Wildman–Crippen MR) is 97.8 cm³/mol. The van der Waals surface area contributed by atoms with Gasteiger partial charge in [0.15, 0.2) is 17.5 Å². The van der Waals surface area contributed by atoms with Gasteiger partial charge in [-0.05, 0) is 61.7 Å². The number of aliphatic imine (C=N–C) groups is 1. The predicted octanol–water partition coefficient (Wildman–Crippen LogP) is 4.69. The molecule has 0 saturated heterocycles. The number of ether oxygens (including phenoxy) is 1. The Morgan fingerprint density at radius 2 is 1.74 bits per heavy atom. The minimum atomic E-state index is -1.55. The van der Waals surface area contributed by atoms with Gasteiger partial charge >= 0.3 is 5.97 Å². The van der Waals surface area contributed by atoms with E-state index < -0.39 is 23.4 Å². The van der Waals surface area contributed by atoms with Crippen molar-refractivity contribution >= 4 is 18.0 Å². The summed E-state index contributed by atoms with van der Waals surface area (Å²) in [7, 11) is 1.90. The van der Waals surface area contributed by atoms with Crippen molar-refractivity contribution in [2.75, 3.05) is 13.6 Å². The Balaban J connectivity index is 2.15. The minimum absolute atomic E-state index is 0.0259. The lowest BCUT2D eigenvalue weighted by Gasteiger charge is -2.12. The molecule has 2 aromatic carbocycles. The number of carbonyl (C=O) groups is 1. The van der Waals surface area contributed by atoms with Crippen LogP contribution in [0.15, 0.2) is 29.3 Å². The van der Waals surface area contributed by atoms with Crippen LogP contribution in [0.2, 0.25) is 0 Å². The first-order valence-electron chi connectivity index (χ1n) is 8.39. The third-order valence-electron chi connectivity index (χ3n) is 4.07. The van der Waals surface area contributed by atoms with Crippen molar-refractivity contribution in [2.24, 2.45) is 4.99 Å². The van der Waals surface area contributed by atoms with Gasteiger partial charge in [-0.25, -0.2) is 23.0 Å². The van der Waals surface area contributed by atoms with Gasteiger partial charge in [-0.2, -0.15) is 0 Å². The van der Waals surface area contributed by atoms with Crippen molar-refractivity contribution in [2.45, 2.75) is 27.4 Å². The number of hydrogen-bond donors (Lipinski definition) is 0. The fraction of sp³-hybridized carbons (Fsp3) is 0.300. The average Bonchev–Trinajstić information content (AvgIpc) is 2.63. The van der Waals surface area contributed by atoms with Gasteiger partial charge in [0, 0.05) is 13.6 Å². The molecule has 0 atom stereocenters. The van der Waals surface area contributed by atoms with Crippen LogP contribution < -0.4 is 0 Å². The van der Waals surface area contributed by atoms with E-state index in [9.17, 15) is 18.0 Å². The molecular formula is C20H21F3N2O2. The molecule has 0 aromatic heterocycles. The lowest BCUT2D eigenvalue weighted by atomic mass is 10.0. The number of carbonyl (C=O) groups excluding carboxylic acids is 1. The standard InChI is InChI=1S/C20H21F3N2O2/c1-5-25(4)11-24-18-7-12(2)15(6-13(18)3)20(26)27-10-14-8-16(21)19(23)17(22)9-14/h6-9,11H,5,10H2,1-4H3. The van der Waals surface area contributed by atoms with Crippen LogP contribution in [0.3, 0.4) is 0 Å². The Morgan fingerprint density at radius 1 is 1.11 bits per heavy atom. The first-order valence-corrected chi connectivity index (χ1v) is 8.39. The van der Waals surface area contributed by atoms with E-state index in [4.69, 9.17) is 4.74 Å². The summed E-state index contributed by atoms with van der Waals surface area (Å²) in [5.41, 5.74) is 2.53. The molecular weight excluding hydrogens is 357 g/mol. The highest BCUT2D eigenvalue weighted by Crippen LogP contribution is 2.24. The number of benzene rings is 2. The van der Waals surface area contributed by atoms with Gasteiger partial charge < -0.3 is 9.64 Å². The molecule has 2 aromatic rings. The zero-order chi connectivity index (χ0) is 20.1. The van der Waals surface area contributed by atoms with Crippen molar-refractivity contribution in [1.82, 2.24) is 4.90 Å². The maximum Gasteiger partial charge on any atom is 0.338 e. The van der Waals surface area contributed by atoms with Gasteiger partial charge in [0.05, 0.1) is 17.6 Å². The minimum Gasteiger partial charge on any atom is -0.457 e. The summed E-state index contributed by atoms with van der Waals surface area (Å²) in [5, 5.41) is 0. The molecule has 4 nitrogen and oxygen atoms in total. The van der Waals surface area contributed by atoms with Crippen molar-refractivity contribution in [3.05, 3.63) is 64.0 Å². The molecule has 0 unspecified atom stereocenters. The summed E-state index contributed by atoms with van der Waals surface area (Å²) in [6.45, 7) is 6.01. The van der Waals surface area contributed by atoms with E-state index in [1.165, 1.54) is 0 Å². The third-order valence-corrected chi connectivity index (χ3v) is 4.07. The van der Waals surface area contributed by atoms with Crippen molar-refractivity contribution in [3.8, 4) is 0 Å².